The molecular weight excluding hydrogens is 276 g/mol. The first-order valence-electron chi connectivity index (χ1n) is 6.93. The molecule has 0 amide bonds. The van der Waals surface area contributed by atoms with Crippen molar-refractivity contribution < 1.29 is 9.90 Å². The van der Waals surface area contributed by atoms with Gasteiger partial charge in [0.1, 0.15) is 0 Å². The van der Waals surface area contributed by atoms with Gasteiger partial charge in [-0.3, -0.25) is 4.98 Å². The van der Waals surface area contributed by atoms with Crippen LogP contribution in [0.2, 0.25) is 0 Å². The van der Waals surface area contributed by atoms with Gasteiger partial charge in [0.25, 0.3) is 0 Å². The molecule has 0 aliphatic heterocycles. The maximum Gasteiger partial charge on any atom is 0.337 e. The van der Waals surface area contributed by atoms with Gasteiger partial charge in [-0.25, -0.2) is 4.79 Å². The number of benzene rings is 2. The Morgan fingerprint density at radius 2 is 1.82 bits per heavy atom. The summed E-state index contributed by atoms with van der Waals surface area (Å²) in [5.74, 6) is -0.952. The highest BCUT2D eigenvalue weighted by Crippen LogP contribution is 2.30. The molecule has 4 rings (SSSR count). The molecule has 0 spiro atoms. The Morgan fingerprint density at radius 3 is 2.64 bits per heavy atom. The maximum absolute atomic E-state index is 11.8. The van der Waals surface area contributed by atoms with E-state index in [9.17, 15) is 9.90 Å². The topological polar surface area (TPSA) is 66.0 Å². The van der Waals surface area contributed by atoms with Gasteiger partial charge in [-0.05, 0) is 18.2 Å². The van der Waals surface area contributed by atoms with Gasteiger partial charge >= 0.3 is 5.97 Å². The Bertz CT molecular complexity index is 985. The first-order valence-corrected chi connectivity index (χ1v) is 6.93. The number of aromatic amines is 1. The van der Waals surface area contributed by atoms with Crippen LogP contribution in [0.15, 0.2) is 60.8 Å². The summed E-state index contributed by atoms with van der Waals surface area (Å²) in [6.07, 6.45) is 1.62. The average Bonchev–Trinajstić information content (AvgIpc) is 2.97. The summed E-state index contributed by atoms with van der Waals surface area (Å²) in [6, 6.07) is 17.1. The number of hydrogen-bond donors (Lipinski definition) is 2. The van der Waals surface area contributed by atoms with Crippen molar-refractivity contribution in [3.63, 3.8) is 0 Å². The molecule has 4 nitrogen and oxygen atoms in total. The van der Waals surface area contributed by atoms with Crippen LogP contribution in [0.3, 0.4) is 0 Å². The number of nitrogens with zero attached hydrogens (tertiary/aromatic N) is 1. The number of carboxylic acids is 1. The van der Waals surface area contributed by atoms with Crippen molar-refractivity contribution in [3.05, 3.63) is 66.4 Å². The minimum Gasteiger partial charge on any atom is -0.478 e. The van der Waals surface area contributed by atoms with Gasteiger partial charge in [-0.1, -0.05) is 36.4 Å². The van der Waals surface area contributed by atoms with E-state index in [0.29, 0.717) is 16.5 Å². The lowest BCUT2D eigenvalue weighted by molar-refractivity contribution is 0.0699. The van der Waals surface area contributed by atoms with Crippen molar-refractivity contribution >= 4 is 27.8 Å². The molecule has 2 N–H and O–H groups in total. The summed E-state index contributed by atoms with van der Waals surface area (Å²) in [6.45, 7) is 0. The smallest absolute Gasteiger partial charge is 0.337 e. The SMILES string of the molecule is O=C(O)c1c(-c2cc3ccccc3[nH]2)cnc2ccccc12. The maximum atomic E-state index is 11.8. The normalized spacial score (nSPS) is 11.1. The molecular formula is C18H12N2O2. The fourth-order valence-corrected chi connectivity index (χ4v) is 2.79. The Hall–Kier alpha value is -3.14. The molecule has 2 aromatic heterocycles. The van der Waals surface area contributed by atoms with E-state index < -0.39 is 5.97 Å². The quantitative estimate of drug-likeness (QED) is 0.584. The van der Waals surface area contributed by atoms with E-state index in [-0.39, 0.29) is 5.56 Å². The number of carbonyl (C=O) groups is 1. The average molecular weight is 288 g/mol. The van der Waals surface area contributed by atoms with Crippen molar-refractivity contribution in [3.8, 4) is 11.3 Å². The van der Waals surface area contributed by atoms with Crippen LogP contribution in [-0.4, -0.2) is 21.0 Å². The Balaban J connectivity index is 2.05. The number of para-hydroxylation sites is 2. The molecule has 0 saturated carbocycles. The number of aromatic nitrogens is 2. The molecule has 4 heteroatoms. The summed E-state index contributed by atoms with van der Waals surface area (Å²) >= 11 is 0. The summed E-state index contributed by atoms with van der Waals surface area (Å²) in [5.41, 5.74) is 3.29. The zero-order valence-electron chi connectivity index (χ0n) is 11.6. The van der Waals surface area contributed by atoms with Crippen LogP contribution >= 0.6 is 0 Å². The minimum absolute atomic E-state index is 0.275. The Kier molecular flexibility index (Phi) is 2.69. The summed E-state index contributed by atoms with van der Waals surface area (Å²) in [4.78, 5) is 19.4. The van der Waals surface area contributed by atoms with E-state index in [2.05, 4.69) is 9.97 Å². The Morgan fingerprint density at radius 1 is 1.05 bits per heavy atom. The highest BCUT2D eigenvalue weighted by molar-refractivity contribution is 6.08. The predicted molar refractivity (Wildman–Crippen MR) is 86.0 cm³/mol. The molecule has 0 unspecified atom stereocenters. The zero-order chi connectivity index (χ0) is 15.1. The lowest BCUT2D eigenvalue weighted by Gasteiger charge is -2.07. The molecule has 0 radical (unpaired) electrons. The molecule has 4 aromatic rings. The van der Waals surface area contributed by atoms with Gasteiger partial charge in [0, 0.05) is 33.7 Å². The standard InChI is InChI=1S/C18H12N2O2/c21-18(22)17-12-6-2-4-8-15(12)19-10-13(17)16-9-11-5-1-3-7-14(11)20-16/h1-10,20H,(H,21,22). The molecule has 22 heavy (non-hydrogen) atoms. The molecule has 0 aliphatic carbocycles. The number of pyridine rings is 1. The van der Waals surface area contributed by atoms with Crippen molar-refractivity contribution in [2.45, 2.75) is 0 Å². The van der Waals surface area contributed by atoms with Gasteiger partial charge in [0.15, 0.2) is 0 Å². The van der Waals surface area contributed by atoms with Crippen molar-refractivity contribution in [2.75, 3.05) is 0 Å². The second-order valence-corrected chi connectivity index (χ2v) is 5.14. The highest BCUT2D eigenvalue weighted by Gasteiger charge is 2.17. The van der Waals surface area contributed by atoms with Crippen LogP contribution in [-0.2, 0) is 0 Å². The number of fused-ring (bicyclic) bond motifs is 2. The van der Waals surface area contributed by atoms with Crippen molar-refractivity contribution in [1.29, 1.82) is 0 Å². The number of nitrogens with one attached hydrogen (secondary N) is 1. The Labute approximate surface area is 126 Å². The molecule has 2 heterocycles. The second-order valence-electron chi connectivity index (χ2n) is 5.14. The number of carboxylic acid groups (broad SMARTS) is 1. The zero-order valence-corrected chi connectivity index (χ0v) is 11.6. The number of H-pyrrole nitrogens is 1. The van der Waals surface area contributed by atoms with Crippen LogP contribution in [0.4, 0.5) is 0 Å². The van der Waals surface area contributed by atoms with Crippen molar-refractivity contribution in [2.24, 2.45) is 0 Å². The summed E-state index contributed by atoms with van der Waals surface area (Å²) < 4.78 is 0. The van der Waals surface area contributed by atoms with E-state index in [1.54, 1.807) is 12.3 Å². The first-order chi connectivity index (χ1) is 10.7. The van der Waals surface area contributed by atoms with Gasteiger partial charge < -0.3 is 10.1 Å². The van der Waals surface area contributed by atoms with Gasteiger partial charge in [-0.15, -0.1) is 0 Å². The number of aromatic carboxylic acids is 1. The predicted octanol–water partition coefficient (Wildman–Crippen LogP) is 4.08. The molecule has 106 valence electrons. The third-order valence-electron chi connectivity index (χ3n) is 3.81. The van der Waals surface area contributed by atoms with Gasteiger partial charge in [0.05, 0.1) is 11.1 Å². The van der Waals surface area contributed by atoms with E-state index in [1.807, 2.05) is 48.5 Å². The fourth-order valence-electron chi connectivity index (χ4n) is 2.79. The number of rotatable bonds is 2. The molecule has 0 fully saturated rings. The third-order valence-corrected chi connectivity index (χ3v) is 3.81. The molecule has 0 atom stereocenters. The monoisotopic (exact) mass is 288 g/mol. The lowest BCUT2D eigenvalue weighted by Crippen LogP contribution is -2.02. The molecule has 0 bridgehead atoms. The lowest BCUT2D eigenvalue weighted by atomic mass is 10.0. The molecule has 0 aliphatic rings. The van der Waals surface area contributed by atoms with E-state index in [4.69, 9.17) is 0 Å². The molecule has 2 aromatic carbocycles. The van der Waals surface area contributed by atoms with Crippen LogP contribution in [0.1, 0.15) is 10.4 Å². The van der Waals surface area contributed by atoms with Crippen molar-refractivity contribution in [1.82, 2.24) is 9.97 Å². The first kappa shape index (κ1) is 12.6. The van der Waals surface area contributed by atoms with E-state index >= 15 is 0 Å². The van der Waals surface area contributed by atoms with Crippen LogP contribution < -0.4 is 0 Å². The minimum atomic E-state index is -0.952. The van der Waals surface area contributed by atoms with E-state index in [1.165, 1.54) is 0 Å². The van der Waals surface area contributed by atoms with Gasteiger partial charge in [-0.2, -0.15) is 0 Å². The summed E-state index contributed by atoms with van der Waals surface area (Å²) in [7, 11) is 0. The van der Waals surface area contributed by atoms with Gasteiger partial charge in [0.2, 0.25) is 0 Å². The van der Waals surface area contributed by atoms with Crippen LogP contribution in [0.25, 0.3) is 33.1 Å². The summed E-state index contributed by atoms with van der Waals surface area (Å²) in [5, 5.41) is 11.3. The van der Waals surface area contributed by atoms with E-state index in [0.717, 1.165) is 16.6 Å². The third kappa shape index (κ3) is 1.85. The fraction of sp³-hybridized carbons (Fsp3) is 0. The number of hydrogen-bond acceptors (Lipinski definition) is 2. The van der Waals surface area contributed by atoms with Crippen LogP contribution in [0.5, 0.6) is 0 Å². The molecule has 0 saturated heterocycles. The highest BCUT2D eigenvalue weighted by atomic mass is 16.4. The second kappa shape index (κ2) is 4.70. The largest absolute Gasteiger partial charge is 0.478 e. The van der Waals surface area contributed by atoms with Crippen LogP contribution in [0, 0.1) is 0 Å².